The van der Waals surface area contributed by atoms with Gasteiger partial charge in [-0.05, 0) is 43.5 Å². The van der Waals surface area contributed by atoms with Gasteiger partial charge in [-0.25, -0.2) is 9.78 Å². The molecule has 8 nitrogen and oxygen atoms in total. The summed E-state index contributed by atoms with van der Waals surface area (Å²) in [5.41, 5.74) is 3.00. The van der Waals surface area contributed by atoms with Crippen LogP contribution >= 0.6 is 0 Å². The quantitative estimate of drug-likeness (QED) is 0.737. The van der Waals surface area contributed by atoms with Gasteiger partial charge in [0.05, 0.1) is 6.33 Å². The average molecular weight is 369 g/mol. The molecule has 142 valence electrons. The largest absolute Gasteiger partial charge is 0.332 e. The summed E-state index contributed by atoms with van der Waals surface area (Å²) in [6.45, 7) is 4.49. The van der Waals surface area contributed by atoms with Gasteiger partial charge in [0.2, 0.25) is 5.91 Å². The van der Waals surface area contributed by atoms with E-state index < -0.39 is 5.69 Å². The molecule has 1 amide bonds. The molecule has 8 heteroatoms. The number of aromatic nitrogens is 4. The van der Waals surface area contributed by atoms with Crippen molar-refractivity contribution in [2.45, 2.75) is 33.2 Å². The Morgan fingerprint density at radius 2 is 1.85 bits per heavy atom. The van der Waals surface area contributed by atoms with Crippen molar-refractivity contribution in [3.63, 3.8) is 0 Å². The minimum absolute atomic E-state index is 0.0806. The Kier molecular flexibility index (Phi) is 4.98. The van der Waals surface area contributed by atoms with E-state index in [1.165, 1.54) is 23.5 Å². The van der Waals surface area contributed by atoms with Crippen LogP contribution in [0.4, 0.5) is 5.69 Å². The topological polar surface area (TPSA) is 90.9 Å². The zero-order valence-electron chi connectivity index (χ0n) is 15.9. The fourth-order valence-corrected chi connectivity index (χ4v) is 3.02. The van der Waals surface area contributed by atoms with E-state index >= 15 is 0 Å². The smallest absolute Gasteiger partial charge is 0.326 e. The second kappa shape index (κ2) is 7.22. The van der Waals surface area contributed by atoms with E-state index in [0.29, 0.717) is 30.6 Å². The predicted molar refractivity (Wildman–Crippen MR) is 104 cm³/mol. The van der Waals surface area contributed by atoms with Gasteiger partial charge in [-0.15, -0.1) is 0 Å². The standard InChI is InChI=1S/C19H23N5O3/c1-12-7-8-14(10-13(12)2)21-15(25)6-5-9-24-11-20-17-16(24)18(26)23(4)19(27)22(17)3/h7-8,10-11H,5-6,9H2,1-4H3,(H,21,25). The molecule has 1 aromatic carbocycles. The lowest BCUT2D eigenvalue weighted by atomic mass is 10.1. The highest BCUT2D eigenvalue weighted by Gasteiger charge is 2.14. The third-order valence-corrected chi connectivity index (χ3v) is 4.81. The first kappa shape index (κ1) is 18.6. The van der Waals surface area contributed by atoms with E-state index in [4.69, 9.17) is 0 Å². The highest BCUT2D eigenvalue weighted by Crippen LogP contribution is 2.15. The first-order valence-corrected chi connectivity index (χ1v) is 8.77. The number of aryl methyl sites for hydroxylation is 4. The molecule has 0 spiro atoms. The van der Waals surface area contributed by atoms with Crippen LogP contribution in [0.15, 0.2) is 34.1 Å². The van der Waals surface area contributed by atoms with Crippen molar-refractivity contribution in [2.75, 3.05) is 5.32 Å². The van der Waals surface area contributed by atoms with Crippen molar-refractivity contribution >= 4 is 22.8 Å². The number of rotatable bonds is 5. The SMILES string of the molecule is Cc1ccc(NC(=O)CCCn2cnc3c2c(=O)n(C)c(=O)n3C)cc1C. The Morgan fingerprint density at radius 1 is 1.11 bits per heavy atom. The molecule has 0 aliphatic carbocycles. The fraction of sp³-hybridized carbons (Fsp3) is 0.368. The summed E-state index contributed by atoms with van der Waals surface area (Å²) in [7, 11) is 3.02. The molecule has 0 unspecified atom stereocenters. The zero-order chi connectivity index (χ0) is 19.7. The van der Waals surface area contributed by atoms with Gasteiger partial charge in [0.25, 0.3) is 5.56 Å². The molecule has 0 aliphatic heterocycles. The number of amides is 1. The van der Waals surface area contributed by atoms with Gasteiger partial charge >= 0.3 is 5.69 Å². The molecule has 1 N–H and O–H groups in total. The molecule has 0 fully saturated rings. The minimum Gasteiger partial charge on any atom is -0.326 e. The molecule has 0 aliphatic rings. The van der Waals surface area contributed by atoms with Crippen LogP contribution in [0.1, 0.15) is 24.0 Å². The van der Waals surface area contributed by atoms with Crippen LogP contribution in [0, 0.1) is 13.8 Å². The van der Waals surface area contributed by atoms with Crippen LogP contribution < -0.4 is 16.6 Å². The summed E-state index contributed by atoms with van der Waals surface area (Å²) < 4.78 is 4.10. The van der Waals surface area contributed by atoms with Gasteiger partial charge in [-0.3, -0.25) is 18.7 Å². The first-order valence-electron chi connectivity index (χ1n) is 8.77. The number of benzene rings is 1. The molecule has 0 radical (unpaired) electrons. The number of carbonyl (C=O) groups is 1. The Bertz CT molecular complexity index is 1140. The highest BCUT2D eigenvalue weighted by molar-refractivity contribution is 5.90. The molecule has 2 heterocycles. The van der Waals surface area contributed by atoms with Crippen molar-refractivity contribution in [3.8, 4) is 0 Å². The van der Waals surface area contributed by atoms with Crippen molar-refractivity contribution in [1.82, 2.24) is 18.7 Å². The van der Waals surface area contributed by atoms with Crippen molar-refractivity contribution in [1.29, 1.82) is 0 Å². The van der Waals surface area contributed by atoms with Crippen molar-refractivity contribution < 1.29 is 4.79 Å². The summed E-state index contributed by atoms with van der Waals surface area (Å²) in [5.74, 6) is -0.0806. The van der Waals surface area contributed by atoms with E-state index in [1.807, 2.05) is 32.0 Å². The number of nitrogens with one attached hydrogen (secondary N) is 1. The van der Waals surface area contributed by atoms with Crippen LogP contribution in [-0.4, -0.2) is 24.6 Å². The van der Waals surface area contributed by atoms with Crippen LogP contribution in [-0.2, 0) is 25.4 Å². The third-order valence-electron chi connectivity index (χ3n) is 4.81. The molecule has 3 aromatic rings. The Balaban J connectivity index is 1.69. The molecule has 27 heavy (non-hydrogen) atoms. The number of anilines is 1. The van der Waals surface area contributed by atoms with Gasteiger partial charge < -0.3 is 9.88 Å². The lowest BCUT2D eigenvalue weighted by Crippen LogP contribution is -2.37. The second-order valence-electron chi connectivity index (χ2n) is 6.77. The lowest BCUT2D eigenvalue weighted by molar-refractivity contribution is -0.116. The van der Waals surface area contributed by atoms with E-state index in [0.717, 1.165) is 15.8 Å². The Labute approximate surface area is 156 Å². The maximum absolute atomic E-state index is 12.4. The molecule has 0 bridgehead atoms. The van der Waals surface area contributed by atoms with Gasteiger partial charge in [-0.1, -0.05) is 6.07 Å². The average Bonchev–Trinajstić information content (AvgIpc) is 3.05. The molecule has 2 aromatic heterocycles. The Morgan fingerprint density at radius 3 is 2.56 bits per heavy atom. The first-order chi connectivity index (χ1) is 12.8. The maximum Gasteiger partial charge on any atom is 0.332 e. The summed E-state index contributed by atoms with van der Waals surface area (Å²) >= 11 is 0. The number of carbonyl (C=O) groups excluding carboxylic acids is 1. The van der Waals surface area contributed by atoms with Gasteiger partial charge in [-0.2, -0.15) is 0 Å². The summed E-state index contributed by atoms with van der Waals surface area (Å²) in [6, 6.07) is 5.80. The highest BCUT2D eigenvalue weighted by atomic mass is 16.2. The minimum atomic E-state index is -0.412. The van der Waals surface area contributed by atoms with Crippen LogP contribution in [0.5, 0.6) is 0 Å². The molecule has 0 saturated carbocycles. The summed E-state index contributed by atoms with van der Waals surface area (Å²) in [6.07, 6.45) is 2.40. The predicted octanol–water partition coefficient (Wildman–Crippen LogP) is 1.47. The lowest BCUT2D eigenvalue weighted by Gasteiger charge is -2.09. The van der Waals surface area contributed by atoms with Crippen molar-refractivity contribution in [2.24, 2.45) is 14.1 Å². The third kappa shape index (κ3) is 3.55. The summed E-state index contributed by atoms with van der Waals surface area (Å²) in [4.78, 5) is 40.7. The summed E-state index contributed by atoms with van der Waals surface area (Å²) in [5, 5.41) is 2.89. The van der Waals surface area contributed by atoms with E-state index in [2.05, 4.69) is 10.3 Å². The number of nitrogens with zero attached hydrogens (tertiary/aromatic N) is 4. The molecule has 3 rings (SSSR count). The number of hydrogen-bond donors (Lipinski definition) is 1. The monoisotopic (exact) mass is 369 g/mol. The second-order valence-corrected chi connectivity index (χ2v) is 6.77. The van der Waals surface area contributed by atoms with Crippen LogP contribution in [0.2, 0.25) is 0 Å². The van der Waals surface area contributed by atoms with E-state index in [-0.39, 0.29) is 11.5 Å². The van der Waals surface area contributed by atoms with Gasteiger partial charge in [0.1, 0.15) is 0 Å². The maximum atomic E-state index is 12.4. The van der Waals surface area contributed by atoms with Crippen molar-refractivity contribution in [3.05, 3.63) is 56.5 Å². The number of hydrogen-bond acceptors (Lipinski definition) is 4. The molecular weight excluding hydrogens is 346 g/mol. The normalized spacial score (nSPS) is 11.1. The number of fused-ring (bicyclic) bond motifs is 1. The fourth-order valence-electron chi connectivity index (χ4n) is 3.02. The van der Waals surface area contributed by atoms with Crippen LogP contribution in [0.25, 0.3) is 11.2 Å². The van der Waals surface area contributed by atoms with E-state index in [1.54, 1.807) is 11.6 Å². The zero-order valence-corrected chi connectivity index (χ0v) is 15.9. The Hall–Kier alpha value is -3.16. The van der Waals surface area contributed by atoms with Gasteiger partial charge in [0, 0.05) is 32.7 Å². The van der Waals surface area contributed by atoms with Gasteiger partial charge in [0.15, 0.2) is 11.2 Å². The molecule has 0 saturated heterocycles. The molecule has 0 atom stereocenters. The molecular formula is C19H23N5O3. The van der Waals surface area contributed by atoms with E-state index in [9.17, 15) is 14.4 Å². The number of imidazole rings is 1. The van der Waals surface area contributed by atoms with Crippen LogP contribution in [0.3, 0.4) is 0 Å².